The summed E-state index contributed by atoms with van der Waals surface area (Å²) >= 11 is 13.1. The number of rotatable bonds is 6. The van der Waals surface area contributed by atoms with Crippen LogP contribution in [0.4, 0.5) is 11.4 Å². The number of halogens is 2. The molecule has 0 atom stereocenters. The van der Waals surface area contributed by atoms with Crippen molar-refractivity contribution in [3.05, 3.63) is 74.1 Å². The number of thiophene rings is 1. The number of Topliss-reactive ketones (excluding diaryl/α,β-unsaturated/α-hetero) is 1. The van der Waals surface area contributed by atoms with Gasteiger partial charge in [0.25, 0.3) is 5.91 Å². The molecule has 11 heteroatoms. The van der Waals surface area contributed by atoms with Crippen LogP contribution in [0.15, 0.2) is 46.7 Å². The van der Waals surface area contributed by atoms with Gasteiger partial charge in [0.15, 0.2) is 15.6 Å². The zero-order valence-corrected chi connectivity index (χ0v) is 21.3. The third-order valence-electron chi connectivity index (χ3n) is 5.99. The number of fused-ring (bicyclic) bond motifs is 3. The Bertz CT molecular complexity index is 1510. The molecule has 0 unspecified atom stereocenters. The van der Waals surface area contributed by atoms with Crippen LogP contribution in [0.5, 0.6) is 0 Å². The van der Waals surface area contributed by atoms with Gasteiger partial charge in [-0.3, -0.25) is 14.4 Å². The summed E-state index contributed by atoms with van der Waals surface area (Å²) in [4.78, 5) is 39.7. The standard InChI is InChI=1S/C24H18Cl2N2O5S2/c25-18-10-13(9-14(29)12-35(32,33)23-6-5-21(26)34-23)1-4-20(18)28-22(30)11-17-15-7-8-27-19(15)3-2-16(17)24(28)31/h1-6,10,27H,7-9,11-12H2. The van der Waals surface area contributed by atoms with Gasteiger partial charge < -0.3 is 5.32 Å². The first-order valence-electron chi connectivity index (χ1n) is 10.7. The van der Waals surface area contributed by atoms with Gasteiger partial charge >= 0.3 is 0 Å². The van der Waals surface area contributed by atoms with Crippen molar-refractivity contribution in [2.45, 2.75) is 23.5 Å². The Balaban J connectivity index is 1.35. The van der Waals surface area contributed by atoms with E-state index in [1.54, 1.807) is 12.1 Å². The van der Waals surface area contributed by atoms with E-state index in [2.05, 4.69) is 5.32 Å². The number of amides is 2. The summed E-state index contributed by atoms with van der Waals surface area (Å²) in [6.07, 6.45) is 0.688. The van der Waals surface area contributed by atoms with Gasteiger partial charge in [-0.25, -0.2) is 13.3 Å². The highest BCUT2D eigenvalue weighted by Gasteiger charge is 2.36. The lowest BCUT2D eigenvalue weighted by atomic mass is 9.91. The Kier molecular flexibility index (Phi) is 6.21. The summed E-state index contributed by atoms with van der Waals surface area (Å²) in [6, 6.07) is 11.0. The normalized spacial score (nSPS) is 15.1. The Morgan fingerprint density at radius 2 is 1.86 bits per heavy atom. The molecule has 3 heterocycles. The quantitative estimate of drug-likeness (QED) is 0.460. The fourth-order valence-electron chi connectivity index (χ4n) is 4.44. The second kappa shape index (κ2) is 9.05. The Morgan fingerprint density at radius 1 is 1.06 bits per heavy atom. The van der Waals surface area contributed by atoms with Gasteiger partial charge in [0, 0.05) is 24.2 Å². The van der Waals surface area contributed by atoms with Crippen molar-refractivity contribution in [1.29, 1.82) is 0 Å². The molecule has 0 spiro atoms. The maximum Gasteiger partial charge on any atom is 0.265 e. The zero-order chi connectivity index (χ0) is 24.9. The van der Waals surface area contributed by atoms with E-state index in [0.717, 1.165) is 46.0 Å². The minimum absolute atomic E-state index is 0.0352. The zero-order valence-electron chi connectivity index (χ0n) is 18.1. The number of nitrogens with one attached hydrogen (secondary N) is 1. The molecule has 2 aromatic carbocycles. The van der Waals surface area contributed by atoms with Crippen molar-refractivity contribution in [3.8, 4) is 0 Å². The molecule has 180 valence electrons. The average molecular weight is 549 g/mol. The molecule has 0 bridgehead atoms. The molecule has 5 rings (SSSR count). The second-order valence-corrected chi connectivity index (χ2v) is 12.7. The smallest absolute Gasteiger partial charge is 0.265 e. The molecule has 0 fully saturated rings. The Morgan fingerprint density at radius 3 is 2.57 bits per heavy atom. The number of benzene rings is 2. The molecule has 0 saturated carbocycles. The maximum absolute atomic E-state index is 13.2. The number of imide groups is 1. The highest BCUT2D eigenvalue weighted by molar-refractivity contribution is 7.94. The third kappa shape index (κ3) is 4.49. The van der Waals surface area contributed by atoms with E-state index in [9.17, 15) is 22.8 Å². The minimum Gasteiger partial charge on any atom is -0.384 e. The van der Waals surface area contributed by atoms with Crippen LogP contribution in [0.25, 0.3) is 0 Å². The van der Waals surface area contributed by atoms with Crippen molar-refractivity contribution in [2.75, 3.05) is 22.5 Å². The van der Waals surface area contributed by atoms with Crippen LogP contribution in [0.2, 0.25) is 9.36 Å². The van der Waals surface area contributed by atoms with Crippen LogP contribution in [0.3, 0.4) is 0 Å². The number of ketones is 1. The van der Waals surface area contributed by atoms with Crippen LogP contribution < -0.4 is 10.2 Å². The lowest BCUT2D eigenvalue weighted by Crippen LogP contribution is -2.43. The fourth-order valence-corrected chi connectivity index (χ4v) is 7.54. The van der Waals surface area contributed by atoms with Crippen molar-refractivity contribution in [1.82, 2.24) is 0 Å². The molecule has 0 radical (unpaired) electrons. The van der Waals surface area contributed by atoms with Crippen molar-refractivity contribution in [3.63, 3.8) is 0 Å². The van der Waals surface area contributed by atoms with Gasteiger partial charge in [0.05, 0.1) is 21.5 Å². The number of nitrogens with zero attached hydrogens (tertiary/aromatic N) is 1. The van der Waals surface area contributed by atoms with Crippen LogP contribution in [0, 0.1) is 0 Å². The van der Waals surface area contributed by atoms with Crippen LogP contribution in [0.1, 0.15) is 27.0 Å². The van der Waals surface area contributed by atoms with Gasteiger partial charge in [-0.1, -0.05) is 29.3 Å². The number of anilines is 2. The predicted molar refractivity (Wildman–Crippen MR) is 136 cm³/mol. The molecule has 35 heavy (non-hydrogen) atoms. The monoisotopic (exact) mass is 548 g/mol. The van der Waals surface area contributed by atoms with E-state index in [-0.39, 0.29) is 33.7 Å². The first-order chi connectivity index (χ1) is 16.6. The highest BCUT2D eigenvalue weighted by atomic mass is 35.5. The van der Waals surface area contributed by atoms with Crippen molar-refractivity contribution < 1.29 is 22.8 Å². The first-order valence-corrected chi connectivity index (χ1v) is 13.9. The van der Waals surface area contributed by atoms with Crippen LogP contribution in [-0.2, 0) is 38.7 Å². The molecule has 0 aliphatic carbocycles. The highest BCUT2D eigenvalue weighted by Crippen LogP contribution is 2.36. The number of hydrogen-bond acceptors (Lipinski definition) is 7. The van der Waals surface area contributed by atoms with E-state index < -0.39 is 27.3 Å². The molecule has 2 aliphatic heterocycles. The summed E-state index contributed by atoms with van der Waals surface area (Å²) < 4.78 is 25.2. The van der Waals surface area contributed by atoms with Crippen molar-refractivity contribution >= 4 is 73.3 Å². The second-order valence-electron chi connectivity index (χ2n) is 8.32. The lowest BCUT2D eigenvalue weighted by molar-refractivity contribution is -0.118. The van der Waals surface area contributed by atoms with E-state index in [0.29, 0.717) is 15.5 Å². The van der Waals surface area contributed by atoms with Crippen LogP contribution >= 0.6 is 34.5 Å². The van der Waals surface area contributed by atoms with Gasteiger partial charge in [-0.05, 0) is 59.5 Å². The number of sulfone groups is 1. The fraction of sp³-hybridized carbons (Fsp3) is 0.208. The van der Waals surface area contributed by atoms with E-state index in [1.807, 2.05) is 6.07 Å². The number of hydrogen-bond donors (Lipinski definition) is 1. The average Bonchev–Trinajstić information content (AvgIpc) is 3.44. The van der Waals surface area contributed by atoms with E-state index in [1.165, 1.54) is 24.3 Å². The molecule has 3 aromatic rings. The number of carbonyl (C=O) groups excluding carboxylic acids is 3. The summed E-state index contributed by atoms with van der Waals surface area (Å²) in [7, 11) is -3.79. The molecular formula is C24H18Cl2N2O5S2. The summed E-state index contributed by atoms with van der Waals surface area (Å²) in [5, 5.41) is 3.37. The minimum atomic E-state index is -3.79. The molecule has 2 amide bonds. The van der Waals surface area contributed by atoms with E-state index >= 15 is 0 Å². The summed E-state index contributed by atoms with van der Waals surface area (Å²) in [5.74, 6) is -2.01. The molecular weight excluding hydrogens is 531 g/mol. The topological polar surface area (TPSA) is 101 Å². The Hall–Kier alpha value is -2.72. The Labute approximate surface area is 215 Å². The van der Waals surface area contributed by atoms with Crippen LogP contribution in [-0.4, -0.2) is 38.3 Å². The molecule has 1 N–H and O–H groups in total. The first kappa shape index (κ1) is 24.0. The largest absolute Gasteiger partial charge is 0.384 e. The van der Waals surface area contributed by atoms with Gasteiger partial charge in [0.1, 0.15) is 9.96 Å². The van der Waals surface area contributed by atoms with Crippen molar-refractivity contribution in [2.24, 2.45) is 0 Å². The van der Waals surface area contributed by atoms with Gasteiger partial charge in [-0.2, -0.15) is 0 Å². The summed E-state index contributed by atoms with van der Waals surface area (Å²) in [6.45, 7) is 0.770. The molecule has 1 aromatic heterocycles. The summed E-state index contributed by atoms with van der Waals surface area (Å²) in [5.41, 5.74) is 3.89. The van der Waals surface area contributed by atoms with Gasteiger partial charge in [0.2, 0.25) is 5.91 Å². The maximum atomic E-state index is 13.2. The van der Waals surface area contributed by atoms with Gasteiger partial charge in [-0.15, -0.1) is 11.3 Å². The molecule has 2 aliphatic rings. The predicted octanol–water partition coefficient (Wildman–Crippen LogP) is 4.34. The molecule has 7 nitrogen and oxygen atoms in total. The lowest BCUT2D eigenvalue weighted by Gasteiger charge is -2.29. The molecule has 0 saturated heterocycles. The van der Waals surface area contributed by atoms with E-state index in [4.69, 9.17) is 23.2 Å². The SMILES string of the molecule is O=C(Cc1ccc(N2C(=O)Cc3c(ccc4c3CCN4)C2=O)c(Cl)c1)CS(=O)(=O)c1ccc(Cl)s1. The number of carbonyl (C=O) groups is 3. The third-order valence-corrected chi connectivity index (χ3v) is 9.78.